The maximum Gasteiger partial charge on any atom is 0.278 e. The fraction of sp³-hybridized carbons (Fsp3) is 0.136. The molecule has 0 bridgehead atoms. The van der Waals surface area contributed by atoms with E-state index in [2.05, 4.69) is 15.6 Å². The first-order valence-corrected chi connectivity index (χ1v) is 9.77. The SMILES string of the molecule is Cc1onc(C(=O)Nc2ccc(Cn3cc(Cl)cn3)cc2)c1COc1cccc(F)c1. The van der Waals surface area contributed by atoms with E-state index in [0.717, 1.165) is 5.56 Å². The summed E-state index contributed by atoms with van der Waals surface area (Å²) in [6.07, 6.45) is 3.31. The molecule has 0 atom stereocenters. The summed E-state index contributed by atoms with van der Waals surface area (Å²) in [5.74, 6) is -0.0336. The zero-order chi connectivity index (χ0) is 21.8. The van der Waals surface area contributed by atoms with Gasteiger partial charge in [-0.2, -0.15) is 5.10 Å². The largest absolute Gasteiger partial charge is 0.489 e. The molecule has 9 heteroatoms. The zero-order valence-corrected chi connectivity index (χ0v) is 17.3. The molecule has 0 unspecified atom stereocenters. The number of carbonyl (C=O) groups is 1. The van der Waals surface area contributed by atoms with Gasteiger partial charge in [0.2, 0.25) is 0 Å². The van der Waals surface area contributed by atoms with Gasteiger partial charge >= 0.3 is 0 Å². The van der Waals surface area contributed by atoms with Crippen LogP contribution in [0.4, 0.5) is 10.1 Å². The van der Waals surface area contributed by atoms with Crippen molar-refractivity contribution in [2.75, 3.05) is 5.32 Å². The lowest BCUT2D eigenvalue weighted by molar-refractivity contribution is 0.101. The molecule has 158 valence electrons. The van der Waals surface area contributed by atoms with Gasteiger partial charge in [-0.1, -0.05) is 35.0 Å². The van der Waals surface area contributed by atoms with Crippen LogP contribution in [0.15, 0.2) is 65.4 Å². The van der Waals surface area contributed by atoms with E-state index in [1.165, 1.54) is 12.1 Å². The maximum absolute atomic E-state index is 13.3. The number of aromatic nitrogens is 3. The van der Waals surface area contributed by atoms with Gasteiger partial charge in [-0.3, -0.25) is 9.48 Å². The van der Waals surface area contributed by atoms with Crippen molar-refractivity contribution < 1.29 is 18.4 Å². The highest BCUT2D eigenvalue weighted by Gasteiger charge is 2.20. The summed E-state index contributed by atoms with van der Waals surface area (Å²) in [5.41, 5.74) is 2.21. The number of hydrogen-bond donors (Lipinski definition) is 1. The molecule has 0 aliphatic carbocycles. The van der Waals surface area contributed by atoms with Crippen LogP contribution in [0.5, 0.6) is 5.75 Å². The molecule has 2 heterocycles. The third-order valence-corrected chi connectivity index (χ3v) is 4.73. The van der Waals surface area contributed by atoms with Crippen molar-refractivity contribution in [3.63, 3.8) is 0 Å². The number of nitrogens with one attached hydrogen (secondary N) is 1. The molecule has 0 spiro atoms. The summed E-state index contributed by atoms with van der Waals surface area (Å²) in [6, 6.07) is 13.1. The topological polar surface area (TPSA) is 82.2 Å². The number of halogens is 2. The molecule has 1 N–H and O–H groups in total. The lowest BCUT2D eigenvalue weighted by Crippen LogP contribution is -2.15. The van der Waals surface area contributed by atoms with Crippen LogP contribution in [0.3, 0.4) is 0 Å². The van der Waals surface area contributed by atoms with Crippen molar-refractivity contribution >= 4 is 23.2 Å². The van der Waals surface area contributed by atoms with Gasteiger partial charge in [0.15, 0.2) is 5.69 Å². The molecule has 31 heavy (non-hydrogen) atoms. The van der Waals surface area contributed by atoms with Gasteiger partial charge in [0.05, 0.1) is 23.3 Å². The normalized spacial score (nSPS) is 10.8. The molecule has 1 amide bonds. The van der Waals surface area contributed by atoms with Gasteiger partial charge in [-0.05, 0) is 36.8 Å². The summed E-state index contributed by atoms with van der Waals surface area (Å²) < 4.78 is 25.8. The standard InChI is InChI=1S/C22H18ClFN4O3/c1-14-20(13-30-19-4-2-3-17(24)9-19)21(27-31-14)22(29)26-18-7-5-15(6-8-18)11-28-12-16(23)10-25-28/h2-10,12H,11,13H2,1H3,(H,26,29). The lowest BCUT2D eigenvalue weighted by atomic mass is 10.1. The van der Waals surface area contributed by atoms with E-state index in [-0.39, 0.29) is 12.3 Å². The number of nitrogens with zero attached hydrogens (tertiary/aromatic N) is 3. The first-order valence-electron chi connectivity index (χ1n) is 9.40. The second-order valence-corrected chi connectivity index (χ2v) is 7.26. The number of aryl methyl sites for hydroxylation is 1. The van der Waals surface area contributed by atoms with Crippen LogP contribution in [0.1, 0.15) is 27.4 Å². The summed E-state index contributed by atoms with van der Waals surface area (Å²) in [7, 11) is 0. The number of rotatable bonds is 7. The molecule has 4 aromatic rings. The Labute approximate surface area is 182 Å². The molecular formula is C22H18ClFN4O3. The molecule has 7 nitrogen and oxygen atoms in total. The van der Waals surface area contributed by atoms with E-state index < -0.39 is 11.7 Å². The Morgan fingerprint density at radius 3 is 2.77 bits per heavy atom. The summed E-state index contributed by atoms with van der Waals surface area (Å²) in [4.78, 5) is 12.7. The molecule has 0 fully saturated rings. The van der Waals surface area contributed by atoms with Crippen LogP contribution in [0.25, 0.3) is 0 Å². The highest BCUT2D eigenvalue weighted by molar-refractivity contribution is 6.30. The van der Waals surface area contributed by atoms with E-state index in [9.17, 15) is 9.18 Å². The Bertz CT molecular complexity index is 1200. The first-order chi connectivity index (χ1) is 15.0. The first kappa shape index (κ1) is 20.6. The van der Waals surface area contributed by atoms with Crippen molar-refractivity contribution in [2.45, 2.75) is 20.1 Å². The van der Waals surface area contributed by atoms with Gasteiger partial charge in [-0.15, -0.1) is 0 Å². The minimum absolute atomic E-state index is 0.0207. The predicted octanol–water partition coefficient (Wildman–Crippen LogP) is 4.85. The molecular weight excluding hydrogens is 423 g/mol. The molecule has 0 radical (unpaired) electrons. The monoisotopic (exact) mass is 440 g/mol. The highest BCUT2D eigenvalue weighted by Crippen LogP contribution is 2.20. The molecule has 4 rings (SSSR count). The van der Waals surface area contributed by atoms with Gasteiger partial charge in [-0.25, -0.2) is 4.39 Å². The van der Waals surface area contributed by atoms with Crippen LogP contribution in [0.2, 0.25) is 5.02 Å². The van der Waals surface area contributed by atoms with Gasteiger partial charge in [0.25, 0.3) is 5.91 Å². The van der Waals surface area contributed by atoms with Gasteiger partial charge < -0.3 is 14.6 Å². The molecule has 0 aliphatic rings. The Hall–Kier alpha value is -3.65. The third-order valence-electron chi connectivity index (χ3n) is 4.54. The predicted molar refractivity (Wildman–Crippen MR) is 113 cm³/mol. The minimum atomic E-state index is -0.429. The number of anilines is 1. The average Bonchev–Trinajstić information content (AvgIpc) is 3.33. The molecule has 0 aliphatic heterocycles. The molecule has 0 saturated carbocycles. The van der Waals surface area contributed by atoms with Crippen molar-refractivity contribution in [3.8, 4) is 5.75 Å². The Morgan fingerprint density at radius 2 is 2.06 bits per heavy atom. The zero-order valence-electron chi connectivity index (χ0n) is 16.5. The second-order valence-electron chi connectivity index (χ2n) is 6.82. The van der Waals surface area contributed by atoms with Crippen molar-refractivity contribution in [1.82, 2.24) is 14.9 Å². The number of ether oxygens (including phenoxy) is 1. The van der Waals surface area contributed by atoms with E-state index in [4.69, 9.17) is 20.9 Å². The Kier molecular flexibility index (Phi) is 5.99. The Morgan fingerprint density at radius 1 is 1.26 bits per heavy atom. The van der Waals surface area contributed by atoms with E-state index in [0.29, 0.717) is 34.3 Å². The number of hydrogen-bond acceptors (Lipinski definition) is 5. The van der Waals surface area contributed by atoms with Crippen LogP contribution in [0, 0.1) is 12.7 Å². The summed E-state index contributed by atoms with van der Waals surface area (Å²) >= 11 is 5.88. The number of benzene rings is 2. The van der Waals surface area contributed by atoms with Gasteiger partial charge in [0, 0.05) is 18.0 Å². The quantitative estimate of drug-likeness (QED) is 0.444. The Balaban J connectivity index is 1.41. The maximum atomic E-state index is 13.3. The van der Waals surface area contributed by atoms with Crippen molar-refractivity contribution in [2.24, 2.45) is 0 Å². The van der Waals surface area contributed by atoms with E-state index in [1.54, 1.807) is 48.3 Å². The fourth-order valence-electron chi connectivity index (χ4n) is 2.95. The molecule has 0 saturated heterocycles. The highest BCUT2D eigenvalue weighted by atomic mass is 35.5. The third kappa shape index (κ3) is 5.10. The van der Waals surface area contributed by atoms with Crippen molar-refractivity contribution in [1.29, 1.82) is 0 Å². The smallest absolute Gasteiger partial charge is 0.278 e. The molecule has 2 aromatic heterocycles. The molecule has 2 aromatic carbocycles. The minimum Gasteiger partial charge on any atom is -0.489 e. The number of carbonyl (C=O) groups excluding carboxylic acids is 1. The number of amides is 1. The lowest BCUT2D eigenvalue weighted by Gasteiger charge is -2.08. The van der Waals surface area contributed by atoms with E-state index >= 15 is 0 Å². The second kappa shape index (κ2) is 9.01. The van der Waals surface area contributed by atoms with Crippen LogP contribution in [-0.4, -0.2) is 20.8 Å². The fourth-order valence-corrected chi connectivity index (χ4v) is 3.10. The van der Waals surface area contributed by atoms with Crippen molar-refractivity contribution in [3.05, 3.63) is 94.3 Å². The van der Waals surface area contributed by atoms with Crippen LogP contribution < -0.4 is 10.1 Å². The van der Waals surface area contributed by atoms with Crippen LogP contribution in [-0.2, 0) is 13.2 Å². The van der Waals surface area contributed by atoms with E-state index in [1.807, 2.05) is 12.1 Å². The average molecular weight is 441 g/mol. The summed E-state index contributed by atoms with van der Waals surface area (Å²) in [5, 5.41) is 11.4. The van der Waals surface area contributed by atoms with Gasteiger partial charge in [0.1, 0.15) is 23.9 Å². The summed E-state index contributed by atoms with van der Waals surface area (Å²) in [6.45, 7) is 2.27. The van der Waals surface area contributed by atoms with Crippen LogP contribution >= 0.6 is 11.6 Å².